The number of nitrogens with zero attached hydrogens (tertiary/aromatic N) is 1. The molecule has 11 heteroatoms. The maximum Gasteiger partial charge on any atom is 0.271 e. The molecule has 32 heavy (non-hydrogen) atoms. The van der Waals surface area contributed by atoms with Crippen LogP contribution in [0.4, 0.5) is 11.4 Å². The van der Waals surface area contributed by atoms with Gasteiger partial charge < -0.3 is 5.32 Å². The van der Waals surface area contributed by atoms with Gasteiger partial charge in [-0.3, -0.25) is 14.9 Å². The molecular formula is C21H17Cl2N3O5S. The van der Waals surface area contributed by atoms with Crippen molar-refractivity contribution in [3.05, 3.63) is 97.5 Å². The van der Waals surface area contributed by atoms with Gasteiger partial charge in [-0.05, 0) is 30.2 Å². The predicted molar refractivity (Wildman–Crippen MR) is 123 cm³/mol. The Morgan fingerprint density at radius 3 is 2.38 bits per heavy atom. The van der Waals surface area contributed by atoms with E-state index in [1.807, 2.05) is 6.07 Å². The highest BCUT2D eigenvalue weighted by Gasteiger charge is 2.23. The van der Waals surface area contributed by atoms with Crippen LogP contribution >= 0.6 is 23.2 Å². The van der Waals surface area contributed by atoms with E-state index in [1.165, 1.54) is 18.2 Å². The smallest absolute Gasteiger partial charge is 0.271 e. The van der Waals surface area contributed by atoms with E-state index in [0.29, 0.717) is 5.56 Å². The first-order valence-corrected chi connectivity index (χ1v) is 11.4. The second-order valence-corrected chi connectivity index (χ2v) is 9.33. The van der Waals surface area contributed by atoms with E-state index >= 15 is 0 Å². The van der Waals surface area contributed by atoms with Crippen LogP contribution in [0.5, 0.6) is 0 Å². The first kappa shape index (κ1) is 23.7. The van der Waals surface area contributed by atoms with Gasteiger partial charge in [0.05, 0.1) is 26.2 Å². The van der Waals surface area contributed by atoms with Crippen LogP contribution in [0.3, 0.4) is 0 Å². The molecule has 3 aromatic carbocycles. The van der Waals surface area contributed by atoms with E-state index in [0.717, 1.165) is 17.7 Å². The summed E-state index contributed by atoms with van der Waals surface area (Å²) in [6, 6.07) is 15.1. The number of non-ortho nitro benzene ring substituents is 1. The molecule has 166 valence electrons. The lowest BCUT2D eigenvalue weighted by Gasteiger charge is -2.13. The zero-order valence-electron chi connectivity index (χ0n) is 16.6. The minimum atomic E-state index is -4.07. The Bertz CT molecular complexity index is 1300. The van der Waals surface area contributed by atoms with Crippen molar-refractivity contribution in [2.45, 2.75) is 18.4 Å². The predicted octanol–water partition coefficient (Wildman–Crippen LogP) is 4.94. The molecular weight excluding hydrogens is 477 g/mol. The van der Waals surface area contributed by atoms with Gasteiger partial charge in [0.15, 0.2) is 0 Å². The van der Waals surface area contributed by atoms with Crippen LogP contribution in [0.25, 0.3) is 0 Å². The zero-order valence-corrected chi connectivity index (χ0v) is 19.0. The van der Waals surface area contributed by atoms with Crippen molar-refractivity contribution in [2.24, 2.45) is 0 Å². The van der Waals surface area contributed by atoms with Crippen molar-refractivity contribution < 1.29 is 18.1 Å². The number of sulfonamides is 1. The van der Waals surface area contributed by atoms with E-state index in [4.69, 9.17) is 23.2 Å². The molecule has 0 fully saturated rings. The summed E-state index contributed by atoms with van der Waals surface area (Å²) in [5.74, 6) is -0.741. The van der Waals surface area contributed by atoms with Crippen LogP contribution < -0.4 is 10.0 Å². The first-order chi connectivity index (χ1) is 15.1. The third-order valence-electron chi connectivity index (χ3n) is 4.55. The minimum absolute atomic E-state index is 0.0243. The molecule has 0 aliphatic carbocycles. The lowest BCUT2D eigenvalue weighted by molar-refractivity contribution is -0.384. The van der Waals surface area contributed by atoms with E-state index < -0.39 is 20.9 Å². The second kappa shape index (κ2) is 9.66. The zero-order chi connectivity index (χ0) is 23.5. The second-order valence-electron chi connectivity index (χ2n) is 6.78. The van der Waals surface area contributed by atoms with Gasteiger partial charge in [0.25, 0.3) is 11.6 Å². The van der Waals surface area contributed by atoms with E-state index in [-0.39, 0.29) is 38.4 Å². The number of halogens is 2. The molecule has 0 aliphatic rings. The number of hydrogen-bond donors (Lipinski definition) is 2. The standard InChI is InChI=1S/C21H17Cl2N3O5S/c1-13-7-8-15(26(28)29)9-19(13)25-21(27)16-10-20(18(23)11-17(16)22)32(30,31)24-12-14-5-3-2-4-6-14/h2-11,24H,12H2,1H3,(H,25,27). The molecule has 3 rings (SSSR count). The number of hydrogen-bond acceptors (Lipinski definition) is 5. The molecule has 0 radical (unpaired) electrons. The maximum atomic E-state index is 12.8. The number of carbonyl (C=O) groups excluding carboxylic acids is 1. The third kappa shape index (κ3) is 5.43. The Morgan fingerprint density at radius 2 is 1.72 bits per heavy atom. The lowest BCUT2D eigenvalue weighted by atomic mass is 10.1. The summed E-state index contributed by atoms with van der Waals surface area (Å²) in [7, 11) is -4.07. The summed E-state index contributed by atoms with van der Waals surface area (Å²) in [5.41, 5.74) is 1.15. The summed E-state index contributed by atoms with van der Waals surface area (Å²) < 4.78 is 28.0. The van der Waals surface area contributed by atoms with E-state index in [1.54, 1.807) is 31.2 Å². The van der Waals surface area contributed by atoms with Gasteiger partial charge in [-0.25, -0.2) is 13.1 Å². The fraction of sp³-hybridized carbons (Fsp3) is 0.0952. The molecule has 0 spiro atoms. The Kier molecular flexibility index (Phi) is 7.15. The van der Waals surface area contributed by atoms with E-state index in [2.05, 4.69) is 10.0 Å². The number of rotatable bonds is 7. The molecule has 2 N–H and O–H groups in total. The molecule has 0 aromatic heterocycles. The highest BCUT2D eigenvalue weighted by atomic mass is 35.5. The van der Waals surface area contributed by atoms with Gasteiger partial charge in [-0.2, -0.15) is 0 Å². The van der Waals surface area contributed by atoms with Crippen molar-refractivity contribution in [3.63, 3.8) is 0 Å². The summed E-state index contributed by atoms with van der Waals surface area (Å²) >= 11 is 12.2. The van der Waals surface area contributed by atoms with Crippen LogP contribution in [0.1, 0.15) is 21.5 Å². The Hall–Kier alpha value is -2.98. The molecule has 0 saturated heterocycles. The van der Waals surface area contributed by atoms with Gasteiger partial charge in [0, 0.05) is 18.7 Å². The number of nitro benzene ring substituents is 1. The molecule has 3 aromatic rings. The largest absolute Gasteiger partial charge is 0.321 e. The Balaban J connectivity index is 1.90. The maximum absolute atomic E-state index is 12.8. The number of nitro groups is 1. The Morgan fingerprint density at radius 1 is 1.03 bits per heavy atom. The van der Waals surface area contributed by atoms with Crippen molar-refractivity contribution in [3.8, 4) is 0 Å². The fourth-order valence-electron chi connectivity index (χ4n) is 2.81. The molecule has 0 heterocycles. The van der Waals surface area contributed by atoms with Crippen LogP contribution in [0.15, 0.2) is 65.6 Å². The molecule has 8 nitrogen and oxygen atoms in total. The molecule has 1 amide bonds. The third-order valence-corrected chi connectivity index (χ3v) is 6.72. The normalized spacial score (nSPS) is 11.2. The molecule has 0 bridgehead atoms. The average molecular weight is 494 g/mol. The average Bonchev–Trinajstić information content (AvgIpc) is 2.74. The summed E-state index contributed by atoms with van der Waals surface area (Å²) in [4.78, 5) is 22.9. The van der Waals surface area contributed by atoms with Gasteiger partial charge in [-0.15, -0.1) is 0 Å². The van der Waals surface area contributed by atoms with Gasteiger partial charge in [-0.1, -0.05) is 59.6 Å². The van der Waals surface area contributed by atoms with Crippen LogP contribution in [0, 0.1) is 17.0 Å². The minimum Gasteiger partial charge on any atom is -0.321 e. The highest BCUT2D eigenvalue weighted by Crippen LogP contribution is 2.30. The number of aryl methyl sites for hydroxylation is 1. The van der Waals surface area contributed by atoms with Crippen LogP contribution in [-0.4, -0.2) is 19.2 Å². The van der Waals surface area contributed by atoms with Gasteiger partial charge >= 0.3 is 0 Å². The number of carbonyl (C=O) groups is 1. The molecule has 0 saturated carbocycles. The van der Waals surface area contributed by atoms with Crippen molar-refractivity contribution >= 4 is 50.5 Å². The fourth-order valence-corrected chi connectivity index (χ4v) is 4.68. The number of benzene rings is 3. The lowest BCUT2D eigenvalue weighted by Crippen LogP contribution is -2.24. The van der Waals surface area contributed by atoms with Crippen molar-refractivity contribution in [2.75, 3.05) is 5.32 Å². The van der Waals surface area contributed by atoms with Crippen molar-refractivity contribution in [1.82, 2.24) is 4.72 Å². The summed E-state index contributed by atoms with van der Waals surface area (Å²) in [5, 5.41) is 13.3. The molecule has 0 aliphatic heterocycles. The number of nitrogens with one attached hydrogen (secondary N) is 2. The Labute approximate surface area is 194 Å². The molecule has 0 unspecified atom stereocenters. The monoisotopic (exact) mass is 493 g/mol. The number of anilines is 1. The summed E-state index contributed by atoms with van der Waals surface area (Å²) in [6.45, 7) is 1.68. The number of amides is 1. The quantitative estimate of drug-likeness (QED) is 0.356. The van der Waals surface area contributed by atoms with Crippen LogP contribution in [-0.2, 0) is 16.6 Å². The molecule has 0 atom stereocenters. The highest BCUT2D eigenvalue weighted by molar-refractivity contribution is 7.89. The van der Waals surface area contributed by atoms with E-state index in [9.17, 15) is 23.3 Å². The van der Waals surface area contributed by atoms with Crippen LogP contribution in [0.2, 0.25) is 10.0 Å². The SMILES string of the molecule is Cc1ccc([N+](=O)[O-])cc1NC(=O)c1cc(S(=O)(=O)NCc2ccccc2)c(Cl)cc1Cl. The summed E-state index contributed by atoms with van der Waals surface area (Å²) in [6.07, 6.45) is 0. The first-order valence-electron chi connectivity index (χ1n) is 9.17. The van der Waals surface area contributed by atoms with Gasteiger partial charge in [0.1, 0.15) is 4.90 Å². The van der Waals surface area contributed by atoms with Crippen molar-refractivity contribution in [1.29, 1.82) is 0 Å². The van der Waals surface area contributed by atoms with Gasteiger partial charge in [0.2, 0.25) is 10.0 Å². The topological polar surface area (TPSA) is 118 Å².